The maximum absolute atomic E-state index is 6.12. The van der Waals surface area contributed by atoms with Crippen molar-refractivity contribution in [3.8, 4) is 31.7 Å². The number of fused-ring (bicyclic) bond motifs is 1. The van der Waals surface area contributed by atoms with Gasteiger partial charge in [-0.05, 0) is 142 Å². The molecule has 278 valence electrons. The summed E-state index contributed by atoms with van der Waals surface area (Å²) in [6.45, 7) is 9.85. The molecule has 0 saturated heterocycles. The SMILES string of the molecule is CCO[Si](OCC)(OCC)c1ccc(/C=C/c2cc3sc(-c4sc(-c5ccc(N(c6ccc(OC)cc6)c6ccc(OC)cc6)cc5)cc4C)cc3s2)s1. The molecule has 54 heavy (non-hydrogen) atoms. The van der Waals surface area contributed by atoms with Crippen molar-refractivity contribution in [3.05, 3.63) is 118 Å². The van der Waals surface area contributed by atoms with Gasteiger partial charge in [0, 0.05) is 70.7 Å². The number of hydrogen-bond acceptors (Lipinski definition) is 10. The van der Waals surface area contributed by atoms with Crippen LogP contribution in [0.3, 0.4) is 0 Å². The number of hydrogen-bond donors (Lipinski definition) is 0. The summed E-state index contributed by atoms with van der Waals surface area (Å²) in [6, 6.07) is 36.3. The quantitative estimate of drug-likeness (QED) is 0.0906. The fourth-order valence-electron chi connectivity index (χ4n) is 6.28. The van der Waals surface area contributed by atoms with E-state index in [0.717, 1.165) is 37.9 Å². The molecule has 0 radical (unpaired) electrons. The second-order valence-corrected chi connectivity index (χ2v) is 19.5. The fourth-order valence-corrected chi connectivity index (χ4v) is 14.1. The average Bonchev–Trinajstić information content (AvgIpc) is 3.99. The highest BCUT2D eigenvalue weighted by Gasteiger charge is 2.44. The van der Waals surface area contributed by atoms with Gasteiger partial charge in [0.2, 0.25) is 0 Å². The van der Waals surface area contributed by atoms with Crippen molar-refractivity contribution >= 4 is 97.3 Å². The molecule has 0 atom stereocenters. The summed E-state index contributed by atoms with van der Waals surface area (Å²) in [5.41, 5.74) is 5.66. The summed E-state index contributed by atoms with van der Waals surface area (Å²) in [4.78, 5) is 8.54. The molecule has 0 aliphatic carbocycles. The van der Waals surface area contributed by atoms with Crippen LogP contribution >= 0.6 is 45.3 Å². The van der Waals surface area contributed by atoms with E-state index in [4.69, 9.17) is 22.8 Å². The van der Waals surface area contributed by atoms with Crippen molar-refractivity contribution in [1.29, 1.82) is 0 Å². The molecule has 3 aromatic carbocycles. The summed E-state index contributed by atoms with van der Waals surface area (Å²) in [5, 5.41) is 0. The number of nitrogens with zero attached hydrogens (tertiary/aromatic N) is 1. The number of thiophene rings is 4. The maximum Gasteiger partial charge on any atom is 0.547 e. The average molecular weight is 810 g/mol. The summed E-state index contributed by atoms with van der Waals surface area (Å²) in [5.74, 6) is 1.65. The minimum atomic E-state index is -2.90. The van der Waals surface area contributed by atoms with Gasteiger partial charge in [0.15, 0.2) is 0 Å². The smallest absolute Gasteiger partial charge is 0.497 e. The van der Waals surface area contributed by atoms with Crippen LogP contribution in [-0.4, -0.2) is 42.8 Å². The second-order valence-electron chi connectivity index (χ2n) is 12.3. The van der Waals surface area contributed by atoms with Crippen LogP contribution in [0.1, 0.15) is 36.1 Å². The third-order valence-electron chi connectivity index (χ3n) is 8.78. The maximum atomic E-state index is 6.12. The standard InChI is InChI=1S/C43H43NO5S4Si/c1-7-47-54(48-8-2,49-9-3)42-25-24-36(51-42)22-23-37-27-39-40(50-37)28-41(52-39)43-29(4)26-38(53-43)30-10-12-31(13-11-30)44(32-14-18-34(45-5)19-15-32)33-16-20-35(46-6)21-17-33/h10-28H,7-9H2,1-6H3/b23-22+. The normalized spacial score (nSPS) is 11.9. The number of ether oxygens (including phenoxy) is 2. The molecule has 0 spiro atoms. The monoisotopic (exact) mass is 809 g/mol. The van der Waals surface area contributed by atoms with E-state index < -0.39 is 8.80 Å². The van der Waals surface area contributed by atoms with Crippen LogP contribution in [0.25, 0.3) is 41.7 Å². The van der Waals surface area contributed by atoms with Crippen molar-refractivity contribution in [2.45, 2.75) is 27.7 Å². The lowest BCUT2D eigenvalue weighted by molar-refractivity contribution is 0.0866. The Morgan fingerprint density at radius 1 is 0.556 bits per heavy atom. The second kappa shape index (κ2) is 17.2. The Labute approximate surface area is 334 Å². The predicted molar refractivity (Wildman–Crippen MR) is 234 cm³/mol. The summed E-state index contributed by atoms with van der Waals surface area (Å²) >= 11 is 7.25. The van der Waals surface area contributed by atoms with Gasteiger partial charge in [-0.3, -0.25) is 0 Å². The Hall–Kier alpha value is -4.04. The zero-order valence-electron chi connectivity index (χ0n) is 31.2. The van der Waals surface area contributed by atoms with E-state index in [1.807, 2.05) is 79.0 Å². The molecule has 7 aromatic rings. The van der Waals surface area contributed by atoms with Gasteiger partial charge in [0.05, 0.1) is 18.7 Å². The minimum absolute atomic E-state index is 0.555. The van der Waals surface area contributed by atoms with Crippen LogP contribution in [0.5, 0.6) is 11.5 Å². The van der Waals surface area contributed by atoms with Crippen LogP contribution < -0.4 is 18.9 Å². The minimum Gasteiger partial charge on any atom is -0.497 e. The molecule has 7 rings (SSSR count). The highest BCUT2D eigenvalue weighted by atomic mass is 32.1. The van der Waals surface area contributed by atoms with E-state index in [2.05, 4.69) is 103 Å². The van der Waals surface area contributed by atoms with Gasteiger partial charge in [-0.25, -0.2) is 0 Å². The van der Waals surface area contributed by atoms with E-state index in [9.17, 15) is 0 Å². The summed E-state index contributed by atoms with van der Waals surface area (Å²) < 4.78 is 32.9. The van der Waals surface area contributed by atoms with Crippen LogP contribution in [0.4, 0.5) is 17.1 Å². The Balaban J connectivity index is 1.09. The van der Waals surface area contributed by atoms with E-state index in [-0.39, 0.29) is 0 Å². The molecule has 0 aliphatic heterocycles. The lowest BCUT2D eigenvalue weighted by Crippen LogP contribution is -2.55. The van der Waals surface area contributed by atoms with Crippen LogP contribution in [0, 0.1) is 6.92 Å². The number of anilines is 3. The van der Waals surface area contributed by atoms with Gasteiger partial charge in [0.25, 0.3) is 0 Å². The first-order valence-electron chi connectivity index (χ1n) is 17.9. The zero-order chi connectivity index (χ0) is 37.7. The number of aryl methyl sites for hydroxylation is 1. The van der Waals surface area contributed by atoms with Crippen molar-refractivity contribution in [2.75, 3.05) is 38.9 Å². The highest BCUT2D eigenvalue weighted by Crippen LogP contribution is 2.45. The molecular formula is C43H43NO5S4Si. The Morgan fingerprint density at radius 2 is 1.09 bits per heavy atom. The number of methoxy groups -OCH3 is 2. The molecule has 6 nitrogen and oxygen atoms in total. The molecule has 0 saturated carbocycles. The lowest BCUT2D eigenvalue weighted by Gasteiger charge is -2.27. The molecular weight excluding hydrogens is 767 g/mol. The molecule has 0 aliphatic rings. The Morgan fingerprint density at radius 3 is 1.63 bits per heavy atom. The van der Waals surface area contributed by atoms with Gasteiger partial charge >= 0.3 is 8.80 Å². The molecule has 4 aromatic heterocycles. The molecule has 0 amide bonds. The van der Waals surface area contributed by atoms with Gasteiger partial charge in [0.1, 0.15) is 11.5 Å². The fraction of sp³-hybridized carbons (Fsp3) is 0.209. The van der Waals surface area contributed by atoms with Crippen LogP contribution in [0.15, 0.2) is 103 Å². The van der Waals surface area contributed by atoms with Crippen molar-refractivity contribution in [3.63, 3.8) is 0 Å². The third-order valence-corrected chi connectivity index (χ3v) is 17.2. The zero-order valence-corrected chi connectivity index (χ0v) is 35.5. The molecule has 0 unspecified atom stereocenters. The van der Waals surface area contributed by atoms with Gasteiger partial charge in [-0.15, -0.1) is 45.3 Å². The molecule has 11 heteroatoms. The topological polar surface area (TPSA) is 49.4 Å². The highest BCUT2D eigenvalue weighted by molar-refractivity contribution is 7.32. The first-order valence-corrected chi connectivity index (χ1v) is 22.9. The van der Waals surface area contributed by atoms with E-state index in [1.54, 1.807) is 25.6 Å². The van der Waals surface area contributed by atoms with Gasteiger partial charge in [-0.2, -0.15) is 0 Å². The van der Waals surface area contributed by atoms with Crippen molar-refractivity contribution in [2.24, 2.45) is 0 Å². The lowest BCUT2D eigenvalue weighted by atomic mass is 10.1. The third kappa shape index (κ3) is 8.14. The first kappa shape index (κ1) is 38.2. The van der Waals surface area contributed by atoms with E-state index >= 15 is 0 Å². The van der Waals surface area contributed by atoms with Gasteiger partial charge in [-0.1, -0.05) is 12.1 Å². The van der Waals surface area contributed by atoms with Crippen LogP contribution in [0.2, 0.25) is 0 Å². The van der Waals surface area contributed by atoms with E-state index in [1.165, 1.54) is 40.0 Å². The Kier molecular flexibility index (Phi) is 12.2. The largest absolute Gasteiger partial charge is 0.547 e. The number of rotatable bonds is 16. The summed E-state index contributed by atoms with van der Waals surface area (Å²) in [7, 11) is 0.481. The van der Waals surface area contributed by atoms with Crippen LogP contribution in [-0.2, 0) is 13.3 Å². The van der Waals surface area contributed by atoms with E-state index in [0.29, 0.717) is 19.8 Å². The molecule has 0 N–H and O–H groups in total. The Bertz CT molecular complexity index is 2220. The van der Waals surface area contributed by atoms with Crippen molar-refractivity contribution < 1.29 is 22.8 Å². The predicted octanol–water partition coefficient (Wildman–Crippen LogP) is 12.6. The number of benzene rings is 3. The van der Waals surface area contributed by atoms with Gasteiger partial charge < -0.3 is 27.7 Å². The summed E-state index contributed by atoms with van der Waals surface area (Å²) in [6.07, 6.45) is 4.39. The first-order chi connectivity index (χ1) is 26.4. The molecule has 0 bridgehead atoms. The van der Waals surface area contributed by atoms with Crippen molar-refractivity contribution in [1.82, 2.24) is 0 Å². The molecule has 0 fully saturated rings. The molecule has 4 heterocycles.